The zero-order valence-corrected chi connectivity index (χ0v) is 12.4. The number of nitrogens with one attached hydrogen (secondary N) is 1. The Morgan fingerprint density at radius 2 is 1.87 bits per heavy atom. The molecule has 1 N–H and O–H groups in total. The zero-order chi connectivity index (χ0) is 15.8. The summed E-state index contributed by atoms with van der Waals surface area (Å²) in [4.78, 5) is 14.7. The number of carbonyl (C=O) groups is 1. The number of amides is 1. The second-order valence-electron chi connectivity index (χ2n) is 5.82. The van der Waals surface area contributed by atoms with Crippen LogP contribution in [0, 0.1) is 5.82 Å². The third kappa shape index (κ3) is 2.79. The number of aromatic nitrogens is 3. The topological polar surface area (TPSA) is 61.9 Å². The number of nitrogens with zero attached hydrogens (tertiary/aromatic N) is 3. The van der Waals surface area contributed by atoms with Gasteiger partial charge in [0.2, 0.25) is 0 Å². The second-order valence-corrected chi connectivity index (χ2v) is 5.82. The Labute approximate surface area is 132 Å². The molecule has 0 saturated heterocycles. The minimum Gasteiger partial charge on any atom is -0.331 e. The fraction of sp³-hybridized carbons (Fsp3) is 0.235. The van der Waals surface area contributed by atoms with Crippen molar-refractivity contribution in [3.8, 4) is 0 Å². The summed E-state index contributed by atoms with van der Waals surface area (Å²) in [7, 11) is 0. The average Bonchev–Trinajstić information content (AvgIpc) is 3.30. The summed E-state index contributed by atoms with van der Waals surface area (Å²) in [5, 5.41) is 10.6. The monoisotopic (exact) mass is 310 g/mol. The van der Waals surface area contributed by atoms with Crippen LogP contribution in [-0.4, -0.2) is 32.3 Å². The summed E-state index contributed by atoms with van der Waals surface area (Å²) in [5.41, 5.74) is 2.93. The van der Waals surface area contributed by atoms with Gasteiger partial charge in [0.15, 0.2) is 0 Å². The van der Waals surface area contributed by atoms with Gasteiger partial charge in [-0.25, -0.2) is 4.39 Å². The molecule has 0 aliphatic heterocycles. The van der Waals surface area contributed by atoms with E-state index in [0.717, 1.165) is 23.9 Å². The van der Waals surface area contributed by atoms with Crippen molar-refractivity contribution in [3.63, 3.8) is 0 Å². The summed E-state index contributed by atoms with van der Waals surface area (Å²) in [6, 6.07) is 11.9. The molecule has 1 aliphatic carbocycles. The molecule has 2 aromatic carbocycles. The molecule has 1 saturated carbocycles. The molecule has 0 bridgehead atoms. The Morgan fingerprint density at radius 1 is 1.13 bits per heavy atom. The maximum absolute atomic E-state index is 13.0. The summed E-state index contributed by atoms with van der Waals surface area (Å²) in [5.74, 6) is -0.295. The number of rotatable bonds is 4. The second kappa shape index (κ2) is 5.46. The van der Waals surface area contributed by atoms with Gasteiger partial charge in [0.05, 0.1) is 0 Å². The highest BCUT2D eigenvalue weighted by Gasteiger charge is 2.33. The molecule has 1 heterocycles. The standard InChI is InChI=1S/C17H15FN4O/c18-13-4-1-11(2-5-13)10-22(14-6-7-14)17(23)12-3-8-15-16(9-12)20-21-19-15/h1-5,8-9,14H,6-7,10H2,(H,19,20,21). The van der Waals surface area contributed by atoms with Gasteiger partial charge in [-0.1, -0.05) is 12.1 Å². The molecule has 0 radical (unpaired) electrons. The first-order valence-electron chi connectivity index (χ1n) is 7.57. The van der Waals surface area contributed by atoms with Crippen LogP contribution in [0.3, 0.4) is 0 Å². The summed E-state index contributed by atoms with van der Waals surface area (Å²) >= 11 is 0. The molecular formula is C17H15FN4O. The third-order valence-electron chi connectivity index (χ3n) is 4.08. The van der Waals surface area contributed by atoms with Crippen LogP contribution < -0.4 is 0 Å². The van der Waals surface area contributed by atoms with E-state index >= 15 is 0 Å². The number of halogens is 1. The Bertz CT molecular complexity index is 854. The molecule has 0 unspecified atom stereocenters. The van der Waals surface area contributed by atoms with Gasteiger partial charge < -0.3 is 4.90 Å². The van der Waals surface area contributed by atoms with Gasteiger partial charge in [-0.05, 0) is 48.7 Å². The predicted molar refractivity (Wildman–Crippen MR) is 83.2 cm³/mol. The number of hydrogen-bond acceptors (Lipinski definition) is 3. The maximum atomic E-state index is 13.0. The number of carbonyl (C=O) groups excluding carboxylic acids is 1. The minimum absolute atomic E-state index is 0.0262. The maximum Gasteiger partial charge on any atom is 0.254 e. The molecule has 6 heteroatoms. The Kier molecular flexibility index (Phi) is 3.29. The van der Waals surface area contributed by atoms with Crippen molar-refractivity contribution in [3.05, 3.63) is 59.4 Å². The van der Waals surface area contributed by atoms with Crippen molar-refractivity contribution < 1.29 is 9.18 Å². The van der Waals surface area contributed by atoms with Crippen molar-refractivity contribution in [2.45, 2.75) is 25.4 Å². The van der Waals surface area contributed by atoms with E-state index < -0.39 is 0 Å². The lowest BCUT2D eigenvalue weighted by atomic mass is 10.1. The lowest BCUT2D eigenvalue weighted by Gasteiger charge is -2.22. The van der Waals surface area contributed by atoms with E-state index in [2.05, 4.69) is 15.4 Å². The molecule has 4 rings (SSSR count). The van der Waals surface area contributed by atoms with E-state index in [0.29, 0.717) is 17.6 Å². The Hall–Kier alpha value is -2.76. The van der Waals surface area contributed by atoms with Crippen LogP contribution in [0.4, 0.5) is 4.39 Å². The molecule has 0 spiro atoms. The fourth-order valence-electron chi connectivity index (χ4n) is 2.68. The first kappa shape index (κ1) is 13.9. The molecule has 1 aliphatic rings. The van der Waals surface area contributed by atoms with E-state index in [1.54, 1.807) is 30.3 Å². The molecule has 1 fully saturated rings. The molecule has 23 heavy (non-hydrogen) atoms. The highest BCUT2D eigenvalue weighted by molar-refractivity contribution is 5.97. The molecule has 3 aromatic rings. The van der Waals surface area contributed by atoms with Crippen LogP contribution >= 0.6 is 0 Å². The normalized spacial score (nSPS) is 14.1. The number of aromatic amines is 1. The minimum atomic E-state index is -0.269. The van der Waals surface area contributed by atoms with Crippen molar-refractivity contribution in [2.75, 3.05) is 0 Å². The largest absolute Gasteiger partial charge is 0.331 e. The van der Waals surface area contributed by atoms with E-state index in [4.69, 9.17) is 0 Å². The smallest absolute Gasteiger partial charge is 0.254 e. The van der Waals surface area contributed by atoms with Gasteiger partial charge in [-0.3, -0.25) is 4.79 Å². The molecular weight excluding hydrogens is 295 g/mol. The zero-order valence-electron chi connectivity index (χ0n) is 12.4. The van der Waals surface area contributed by atoms with Gasteiger partial charge in [0.1, 0.15) is 16.9 Å². The van der Waals surface area contributed by atoms with Crippen LogP contribution in [0.15, 0.2) is 42.5 Å². The van der Waals surface area contributed by atoms with Crippen molar-refractivity contribution in [2.24, 2.45) is 0 Å². The van der Waals surface area contributed by atoms with Gasteiger partial charge in [-0.2, -0.15) is 15.4 Å². The van der Waals surface area contributed by atoms with E-state index in [9.17, 15) is 9.18 Å². The average molecular weight is 310 g/mol. The molecule has 5 nitrogen and oxygen atoms in total. The van der Waals surface area contributed by atoms with Crippen molar-refractivity contribution >= 4 is 16.9 Å². The number of fused-ring (bicyclic) bond motifs is 1. The third-order valence-corrected chi connectivity index (χ3v) is 4.08. The summed E-state index contributed by atoms with van der Waals surface area (Å²) < 4.78 is 13.0. The van der Waals surface area contributed by atoms with Gasteiger partial charge in [0.25, 0.3) is 5.91 Å². The van der Waals surface area contributed by atoms with E-state index in [-0.39, 0.29) is 17.8 Å². The lowest BCUT2D eigenvalue weighted by Crippen LogP contribution is -2.32. The highest BCUT2D eigenvalue weighted by atomic mass is 19.1. The van der Waals surface area contributed by atoms with Gasteiger partial charge in [-0.15, -0.1) is 0 Å². The first-order chi connectivity index (χ1) is 11.2. The van der Waals surface area contributed by atoms with Crippen LogP contribution in [-0.2, 0) is 6.54 Å². The van der Waals surface area contributed by atoms with Crippen molar-refractivity contribution in [1.29, 1.82) is 0 Å². The fourth-order valence-corrected chi connectivity index (χ4v) is 2.68. The molecule has 1 amide bonds. The number of H-pyrrole nitrogens is 1. The number of benzene rings is 2. The molecule has 0 atom stereocenters. The predicted octanol–water partition coefficient (Wildman–Crippen LogP) is 2.90. The highest BCUT2D eigenvalue weighted by Crippen LogP contribution is 2.30. The first-order valence-corrected chi connectivity index (χ1v) is 7.57. The van der Waals surface area contributed by atoms with Crippen LogP contribution in [0.1, 0.15) is 28.8 Å². The van der Waals surface area contributed by atoms with Crippen LogP contribution in [0.2, 0.25) is 0 Å². The van der Waals surface area contributed by atoms with E-state index in [1.165, 1.54) is 12.1 Å². The van der Waals surface area contributed by atoms with Crippen LogP contribution in [0.5, 0.6) is 0 Å². The Morgan fingerprint density at radius 3 is 2.61 bits per heavy atom. The van der Waals surface area contributed by atoms with Crippen LogP contribution in [0.25, 0.3) is 11.0 Å². The number of hydrogen-bond donors (Lipinski definition) is 1. The quantitative estimate of drug-likeness (QED) is 0.806. The van der Waals surface area contributed by atoms with Crippen molar-refractivity contribution in [1.82, 2.24) is 20.3 Å². The van der Waals surface area contributed by atoms with E-state index in [1.807, 2.05) is 4.90 Å². The SMILES string of the molecule is O=C(c1ccc2n[nH]nc2c1)N(Cc1ccc(F)cc1)C1CC1. The summed E-state index contributed by atoms with van der Waals surface area (Å²) in [6.45, 7) is 0.487. The lowest BCUT2D eigenvalue weighted by molar-refractivity contribution is 0.0730. The summed E-state index contributed by atoms with van der Waals surface area (Å²) in [6.07, 6.45) is 2.03. The Balaban J connectivity index is 1.61. The molecule has 1 aromatic heterocycles. The van der Waals surface area contributed by atoms with Gasteiger partial charge in [0, 0.05) is 18.2 Å². The molecule has 116 valence electrons. The van der Waals surface area contributed by atoms with Gasteiger partial charge >= 0.3 is 0 Å².